The fourth-order valence-electron chi connectivity index (χ4n) is 1.67. The molecule has 0 bridgehead atoms. The highest BCUT2D eigenvalue weighted by molar-refractivity contribution is 5.91. The summed E-state index contributed by atoms with van der Waals surface area (Å²) in [5.41, 5.74) is 7.26. The molecule has 0 saturated heterocycles. The van der Waals surface area contributed by atoms with Crippen molar-refractivity contribution in [1.29, 1.82) is 0 Å². The molecule has 17 heavy (non-hydrogen) atoms. The monoisotopic (exact) mass is 236 g/mol. The molecule has 5 nitrogen and oxygen atoms in total. The molecule has 0 aromatic carbocycles. The quantitative estimate of drug-likeness (QED) is 0.824. The molecule has 0 spiro atoms. The van der Waals surface area contributed by atoms with Crippen molar-refractivity contribution in [3.63, 3.8) is 0 Å². The van der Waals surface area contributed by atoms with Crippen molar-refractivity contribution in [3.05, 3.63) is 17.5 Å². The normalized spacial score (nSPS) is 12.6. The summed E-state index contributed by atoms with van der Waals surface area (Å²) in [5.74, 6) is 0.226. The van der Waals surface area contributed by atoms with E-state index in [1.165, 1.54) is 0 Å². The number of nitrogens with two attached hydrogens (primary N) is 1. The zero-order chi connectivity index (χ0) is 13.0. The second-order valence-corrected chi connectivity index (χ2v) is 4.55. The van der Waals surface area contributed by atoms with Crippen molar-refractivity contribution < 1.29 is 4.79 Å². The van der Waals surface area contributed by atoms with Crippen molar-refractivity contribution in [2.45, 2.75) is 27.7 Å². The van der Waals surface area contributed by atoms with Gasteiger partial charge in [-0.2, -0.15) is 0 Å². The van der Waals surface area contributed by atoms with Gasteiger partial charge in [-0.3, -0.25) is 10.1 Å². The first-order valence-electron chi connectivity index (χ1n) is 5.77. The van der Waals surface area contributed by atoms with E-state index in [0.717, 1.165) is 11.4 Å². The second-order valence-electron chi connectivity index (χ2n) is 4.55. The summed E-state index contributed by atoms with van der Waals surface area (Å²) in [7, 11) is 0. The number of nitrogens with zero attached hydrogens (tertiary/aromatic N) is 2. The summed E-state index contributed by atoms with van der Waals surface area (Å²) in [6.45, 7) is 8.01. The maximum atomic E-state index is 11.9. The van der Waals surface area contributed by atoms with Gasteiger partial charge in [0.15, 0.2) is 0 Å². The second kappa shape index (κ2) is 5.72. The SMILES string of the molecule is Cc1cc(C)nc(NC(=O)C(CN)C(C)C)n1. The summed E-state index contributed by atoms with van der Waals surface area (Å²) in [6, 6.07) is 1.86. The predicted octanol–water partition coefficient (Wildman–Crippen LogP) is 1.26. The van der Waals surface area contributed by atoms with Gasteiger partial charge in [-0.1, -0.05) is 13.8 Å². The van der Waals surface area contributed by atoms with Crippen LogP contribution in [-0.4, -0.2) is 22.4 Å². The minimum atomic E-state index is -0.209. The number of aryl methyl sites for hydroxylation is 2. The first-order chi connectivity index (χ1) is 7.93. The molecule has 0 aliphatic heterocycles. The first-order valence-corrected chi connectivity index (χ1v) is 5.77. The molecule has 1 aromatic rings. The topological polar surface area (TPSA) is 80.9 Å². The Morgan fingerprint density at radius 2 is 1.88 bits per heavy atom. The molecule has 5 heteroatoms. The molecule has 0 aliphatic rings. The van der Waals surface area contributed by atoms with E-state index in [4.69, 9.17) is 5.73 Å². The number of carbonyl (C=O) groups is 1. The lowest BCUT2D eigenvalue weighted by Gasteiger charge is -2.17. The van der Waals surface area contributed by atoms with Gasteiger partial charge in [0.05, 0.1) is 5.92 Å². The Bertz CT molecular complexity index is 383. The standard InChI is InChI=1S/C12H20N4O/c1-7(2)10(6-13)11(17)16-12-14-8(3)5-9(4)15-12/h5,7,10H,6,13H2,1-4H3,(H,14,15,16,17). The highest BCUT2D eigenvalue weighted by Crippen LogP contribution is 2.12. The van der Waals surface area contributed by atoms with Gasteiger partial charge in [0, 0.05) is 17.9 Å². The van der Waals surface area contributed by atoms with Gasteiger partial charge in [-0.15, -0.1) is 0 Å². The van der Waals surface area contributed by atoms with Crippen LogP contribution in [-0.2, 0) is 4.79 Å². The van der Waals surface area contributed by atoms with Gasteiger partial charge in [0.1, 0.15) is 0 Å². The lowest BCUT2D eigenvalue weighted by atomic mass is 9.95. The zero-order valence-corrected chi connectivity index (χ0v) is 10.8. The van der Waals surface area contributed by atoms with E-state index in [1.807, 2.05) is 33.8 Å². The lowest BCUT2D eigenvalue weighted by molar-refractivity contribution is -0.120. The Kier molecular flexibility index (Phi) is 4.57. The number of aromatic nitrogens is 2. The minimum absolute atomic E-state index is 0.118. The van der Waals surface area contributed by atoms with E-state index in [2.05, 4.69) is 15.3 Å². The molecular formula is C12H20N4O. The summed E-state index contributed by atoms with van der Waals surface area (Å²) in [5, 5.41) is 2.71. The van der Waals surface area contributed by atoms with Crippen LogP contribution < -0.4 is 11.1 Å². The molecular weight excluding hydrogens is 216 g/mol. The van der Waals surface area contributed by atoms with Gasteiger partial charge in [-0.25, -0.2) is 9.97 Å². The van der Waals surface area contributed by atoms with Crippen LogP contribution >= 0.6 is 0 Å². The van der Waals surface area contributed by atoms with Crippen LogP contribution in [0.15, 0.2) is 6.07 Å². The van der Waals surface area contributed by atoms with E-state index in [0.29, 0.717) is 12.5 Å². The summed E-state index contributed by atoms with van der Waals surface area (Å²) in [4.78, 5) is 20.3. The number of anilines is 1. The van der Waals surface area contributed by atoms with Gasteiger partial charge in [0.25, 0.3) is 0 Å². The number of carbonyl (C=O) groups excluding carboxylic acids is 1. The fraction of sp³-hybridized carbons (Fsp3) is 0.583. The summed E-state index contributed by atoms with van der Waals surface area (Å²) >= 11 is 0. The Labute approximate surface area is 102 Å². The van der Waals surface area contributed by atoms with E-state index in [-0.39, 0.29) is 17.7 Å². The van der Waals surface area contributed by atoms with Crippen molar-refractivity contribution in [3.8, 4) is 0 Å². The van der Waals surface area contributed by atoms with Crippen LogP contribution in [0.4, 0.5) is 5.95 Å². The molecule has 3 N–H and O–H groups in total. The molecule has 1 unspecified atom stereocenters. The smallest absolute Gasteiger partial charge is 0.231 e. The maximum Gasteiger partial charge on any atom is 0.231 e. The molecule has 1 rings (SSSR count). The number of hydrogen-bond acceptors (Lipinski definition) is 4. The third-order valence-electron chi connectivity index (χ3n) is 2.61. The van der Waals surface area contributed by atoms with Crippen molar-refractivity contribution >= 4 is 11.9 Å². The average molecular weight is 236 g/mol. The van der Waals surface area contributed by atoms with Crippen molar-refractivity contribution in [2.24, 2.45) is 17.6 Å². The third-order valence-corrected chi connectivity index (χ3v) is 2.61. The Morgan fingerprint density at radius 3 is 2.29 bits per heavy atom. The molecule has 94 valence electrons. The zero-order valence-electron chi connectivity index (χ0n) is 10.8. The molecule has 0 saturated carbocycles. The molecule has 1 amide bonds. The average Bonchev–Trinajstić information content (AvgIpc) is 2.15. The summed E-state index contributed by atoms with van der Waals surface area (Å²) in [6.07, 6.45) is 0. The molecule has 0 aliphatic carbocycles. The van der Waals surface area contributed by atoms with Crippen LogP contribution in [0.5, 0.6) is 0 Å². The lowest BCUT2D eigenvalue weighted by Crippen LogP contribution is -2.33. The highest BCUT2D eigenvalue weighted by atomic mass is 16.2. The Balaban J connectivity index is 2.80. The fourth-order valence-corrected chi connectivity index (χ4v) is 1.67. The van der Waals surface area contributed by atoms with Crippen LogP contribution in [0, 0.1) is 25.7 Å². The van der Waals surface area contributed by atoms with Crippen LogP contribution in [0.1, 0.15) is 25.2 Å². The van der Waals surface area contributed by atoms with Gasteiger partial charge >= 0.3 is 0 Å². The van der Waals surface area contributed by atoms with Crippen LogP contribution in [0.2, 0.25) is 0 Å². The largest absolute Gasteiger partial charge is 0.330 e. The van der Waals surface area contributed by atoms with E-state index in [1.54, 1.807) is 0 Å². The highest BCUT2D eigenvalue weighted by Gasteiger charge is 2.21. The molecule has 0 fully saturated rings. The van der Waals surface area contributed by atoms with Crippen molar-refractivity contribution in [2.75, 3.05) is 11.9 Å². The molecule has 1 atom stereocenters. The Morgan fingerprint density at radius 1 is 1.35 bits per heavy atom. The van der Waals surface area contributed by atoms with E-state index >= 15 is 0 Å². The van der Waals surface area contributed by atoms with Gasteiger partial charge in [0.2, 0.25) is 11.9 Å². The van der Waals surface area contributed by atoms with E-state index in [9.17, 15) is 4.79 Å². The van der Waals surface area contributed by atoms with Gasteiger partial charge < -0.3 is 5.73 Å². The predicted molar refractivity (Wildman–Crippen MR) is 67.5 cm³/mol. The Hall–Kier alpha value is -1.49. The molecule has 1 heterocycles. The van der Waals surface area contributed by atoms with Crippen molar-refractivity contribution in [1.82, 2.24) is 9.97 Å². The number of nitrogens with one attached hydrogen (secondary N) is 1. The molecule has 0 radical (unpaired) electrons. The third kappa shape index (κ3) is 3.78. The maximum absolute atomic E-state index is 11.9. The number of hydrogen-bond donors (Lipinski definition) is 2. The summed E-state index contributed by atoms with van der Waals surface area (Å²) < 4.78 is 0. The number of amides is 1. The van der Waals surface area contributed by atoms with Crippen LogP contribution in [0.3, 0.4) is 0 Å². The minimum Gasteiger partial charge on any atom is -0.330 e. The van der Waals surface area contributed by atoms with Gasteiger partial charge in [-0.05, 0) is 25.8 Å². The molecule has 1 aromatic heterocycles. The first kappa shape index (κ1) is 13.6. The number of rotatable bonds is 4. The van der Waals surface area contributed by atoms with E-state index < -0.39 is 0 Å². The van der Waals surface area contributed by atoms with Crippen LogP contribution in [0.25, 0.3) is 0 Å².